The van der Waals surface area contributed by atoms with Crippen molar-refractivity contribution in [2.24, 2.45) is 0 Å². The highest BCUT2D eigenvalue weighted by Gasteiger charge is 2.06. The summed E-state index contributed by atoms with van der Waals surface area (Å²) in [5.74, 6) is 0.420. The summed E-state index contributed by atoms with van der Waals surface area (Å²) in [6.45, 7) is 4.53. The monoisotopic (exact) mass is 285 g/mol. The standard InChI is InChI=1S/C17H19NO3/c1-3-20-17(19)14-7-5-13(6-8-14)11-21-15-9-4-12(2)16(18)10-15/h4-10H,3,11,18H2,1-2H3. The fraction of sp³-hybridized carbons (Fsp3) is 0.235. The van der Waals surface area contributed by atoms with E-state index in [-0.39, 0.29) is 5.97 Å². The molecule has 0 saturated carbocycles. The van der Waals surface area contributed by atoms with Gasteiger partial charge in [-0.05, 0) is 43.2 Å². The summed E-state index contributed by atoms with van der Waals surface area (Å²) >= 11 is 0. The molecule has 0 fully saturated rings. The second-order valence-corrected chi connectivity index (χ2v) is 4.72. The van der Waals surface area contributed by atoms with E-state index >= 15 is 0 Å². The predicted molar refractivity (Wildman–Crippen MR) is 82.3 cm³/mol. The third-order valence-corrected chi connectivity index (χ3v) is 3.12. The van der Waals surface area contributed by atoms with Crippen molar-refractivity contribution in [1.29, 1.82) is 0 Å². The van der Waals surface area contributed by atoms with E-state index in [0.717, 1.165) is 16.9 Å². The maximum atomic E-state index is 11.5. The average Bonchev–Trinajstić information content (AvgIpc) is 2.49. The van der Waals surface area contributed by atoms with Crippen molar-refractivity contribution in [2.75, 3.05) is 12.3 Å². The molecule has 0 heterocycles. The smallest absolute Gasteiger partial charge is 0.338 e. The molecule has 0 aliphatic carbocycles. The molecule has 0 aliphatic rings. The van der Waals surface area contributed by atoms with Crippen LogP contribution in [0.5, 0.6) is 5.75 Å². The fourth-order valence-corrected chi connectivity index (χ4v) is 1.83. The van der Waals surface area contributed by atoms with Gasteiger partial charge in [0.1, 0.15) is 12.4 Å². The molecule has 2 N–H and O–H groups in total. The van der Waals surface area contributed by atoms with Gasteiger partial charge in [0.15, 0.2) is 0 Å². The number of esters is 1. The Labute approximate surface area is 124 Å². The number of carbonyl (C=O) groups is 1. The molecule has 4 heteroatoms. The molecule has 0 aliphatic heterocycles. The summed E-state index contributed by atoms with van der Waals surface area (Å²) in [6.07, 6.45) is 0. The van der Waals surface area contributed by atoms with Crippen molar-refractivity contribution in [3.63, 3.8) is 0 Å². The quantitative estimate of drug-likeness (QED) is 0.676. The summed E-state index contributed by atoms with van der Waals surface area (Å²) in [7, 11) is 0. The molecule has 2 aromatic rings. The molecular weight excluding hydrogens is 266 g/mol. The van der Waals surface area contributed by atoms with E-state index in [1.54, 1.807) is 19.1 Å². The Bertz CT molecular complexity index is 620. The number of nitrogen functional groups attached to an aromatic ring is 1. The normalized spacial score (nSPS) is 10.2. The molecule has 2 rings (SSSR count). The van der Waals surface area contributed by atoms with Crippen LogP contribution in [-0.4, -0.2) is 12.6 Å². The van der Waals surface area contributed by atoms with Crippen molar-refractivity contribution < 1.29 is 14.3 Å². The number of ether oxygens (including phenoxy) is 2. The maximum absolute atomic E-state index is 11.5. The highest BCUT2D eigenvalue weighted by atomic mass is 16.5. The molecular formula is C17H19NO3. The van der Waals surface area contributed by atoms with Gasteiger partial charge in [0, 0.05) is 11.8 Å². The van der Waals surface area contributed by atoms with Crippen LogP contribution in [0.15, 0.2) is 42.5 Å². The summed E-state index contributed by atoms with van der Waals surface area (Å²) in [6, 6.07) is 12.8. The van der Waals surface area contributed by atoms with Gasteiger partial charge in [-0.1, -0.05) is 18.2 Å². The molecule has 0 atom stereocenters. The molecule has 110 valence electrons. The number of hydrogen-bond donors (Lipinski definition) is 1. The summed E-state index contributed by atoms with van der Waals surface area (Å²) in [5, 5.41) is 0. The minimum absolute atomic E-state index is 0.309. The van der Waals surface area contributed by atoms with E-state index < -0.39 is 0 Å². The summed E-state index contributed by atoms with van der Waals surface area (Å²) < 4.78 is 10.6. The Morgan fingerprint density at radius 3 is 2.48 bits per heavy atom. The second-order valence-electron chi connectivity index (χ2n) is 4.72. The van der Waals surface area contributed by atoms with E-state index in [0.29, 0.717) is 24.5 Å². The van der Waals surface area contributed by atoms with Crippen LogP contribution >= 0.6 is 0 Å². The SMILES string of the molecule is CCOC(=O)c1ccc(COc2ccc(C)c(N)c2)cc1. The molecule has 0 aromatic heterocycles. The molecule has 0 spiro atoms. The topological polar surface area (TPSA) is 61.5 Å². The highest BCUT2D eigenvalue weighted by molar-refractivity contribution is 5.89. The van der Waals surface area contributed by atoms with Crippen LogP contribution < -0.4 is 10.5 Å². The van der Waals surface area contributed by atoms with Gasteiger partial charge in [-0.15, -0.1) is 0 Å². The number of aryl methyl sites for hydroxylation is 1. The van der Waals surface area contributed by atoms with Crippen molar-refractivity contribution in [2.45, 2.75) is 20.5 Å². The van der Waals surface area contributed by atoms with E-state index in [1.165, 1.54) is 0 Å². The van der Waals surface area contributed by atoms with Gasteiger partial charge in [0.25, 0.3) is 0 Å². The maximum Gasteiger partial charge on any atom is 0.338 e. The molecule has 2 aromatic carbocycles. The first-order valence-electron chi connectivity index (χ1n) is 6.85. The van der Waals surface area contributed by atoms with E-state index in [9.17, 15) is 4.79 Å². The first kappa shape index (κ1) is 14.9. The summed E-state index contributed by atoms with van der Waals surface area (Å²) in [4.78, 5) is 11.5. The van der Waals surface area contributed by atoms with Crippen LogP contribution in [0.1, 0.15) is 28.4 Å². The lowest BCUT2D eigenvalue weighted by atomic mass is 10.1. The minimum Gasteiger partial charge on any atom is -0.489 e. The van der Waals surface area contributed by atoms with Gasteiger partial charge < -0.3 is 15.2 Å². The Balaban J connectivity index is 1.97. The van der Waals surface area contributed by atoms with Crippen LogP contribution in [0.4, 0.5) is 5.69 Å². The third-order valence-electron chi connectivity index (χ3n) is 3.12. The van der Waals surface area contributed by atoms with Crippen molar-refractivity contribution >= 4 is 11.7 Å². The molecule has 0 radical (unpaired) electrons. The van der Waals surface area contributed by atoms with Crippen LogP contribution in [0.25, 0.3) is 0 Å². The van der Waals surface area contributed by atoms with Crippen molar-refractivity contribution in [3.05, 3.63) is 59.2 Å². The third kappa shape index (κ3) is 3.99. The minimum atomic E-state index is -0.309. The molecule has 0 bridgehead atoms. The molecule has 0 saturated heterocycles. The lowest BCUT2D eigenvalue weighted by Gasteiger charge is -2.09. The van der Waals surface area contributed by atoms with Crippen LogP contribution in [0.3, 0.4) is 0 Å². The predicted octanol–water partition coefficient (Wildman–Crippen LogP) is 3.33. The fourth-order valence-electron chi connectivity index (χ4n) is 1.83. The number of anilines is 1. The molecule has 0 unspecified atom stereocenters. The van der Waals surface area contributed by atoms with Crippen LogP contribution in [0.2, 0.25) is 0 Å². The lowest BCUT2D eigenvalue weighted by molar-refractivity contribution is 0.0526. The van der Waals surface area contributed by atoms with Crippen molar-refractivity contribution in [3.8, 4) is 5.75 Å². The number of benzene rings is 2. The number of rotatable bonds is 5. The Morgan fingerprint density at radius 1 is 1.14 bits per heavy atom. The Kier molecular flexibility index (Phi) is 4.82. The first-order valence-corrected chi connectivity index (χ1v) is 6.85. The molecule has 0 amide bonds. The zero-order chi connectivity index (χ0) is 15.2. The van der Waals surface area contributed by atoms with Gasteiger partial charge in [-0.3, -0.25) is 0 Å². The van der Waals surface area contributed by atoms with Gasteiger partial charge in [-0.25, -0.2) is 4.79 Å². The van der Waals surface area contributed by atoms with Gasteiger partial charge >= 0.3 is 5.97 Å². The highest BCUT2D eigenvalue weighted by Crippen LogP contribution is 2.20. The molecule has 21 heavy (non-hydrogen) atoms. The average molecular weight is 285 g/mol. The van der Waals surface area contributed by atoms with E-state index in [1.807, 2.05) is 37.3 Å². The zero-order valence-electron chi connectivity index (χ0n) is 12.3. The largest absolute Gasteiger partial charge is 0.489 e. The molecule has 4 nitrogen and oxygen atoms in total. The summed E-state index contributed by atoms with van der Waals surface area (Å²) in [5.41, 5.74) is 9.10. The van der Waals surface area contributed by atoms with Crippen LogP contribution in [0, 0.1) is 6.92 Å². The number of nitrogens with two attached hydrogens (primary N) is 1. The number of hydrogen-bond acceptors (Lipinski definition) is 4. The van der Waals surface area contributed by atoms with Gasteiger partial charge in [0.05, 0.1) is 12.2 Å². The van der Waals surface area contributed by atoms with E-state index in [2.05, 4.69) is 0 Å². The lowest BCUT2D eigenvalue weighted by Crippen LogP contribution is -2.04. The van der Waals surface area contributed by atoms with Gasteiger partial charge in [0.2, 0.25) is 0 Å². The first-order chi connectivity index (χ1) is 10.1. The van der Waals surface area contributed by atoms with Crippen molar-refractivity contribution in [1.82, 2.24) is 0 Å². The number of carbonyl (C=O) groups excluding carboxylic acids is 1. The second kappa shape index (κ2) is 6.79. The Hall–Kier alpha value is -2.49. The Morgan fingerprint density at radius 2 is 1.86 bits per heavy atom. The van der Waals surface area contributed by atoms with Gasteiger partial charge in [-0.2, -0.15) is 0 Å². The zero-order valence-corrected chi connectivity index (χ0v) is 12.3. The van der Waals surface area contributed by atoms with Crippen LogP contribution in [-0.2, 0) is 11.3 Å². The van der Waals surface area contributed by atoms with E-state index in [4.69, 9.17) is 15.2 Å².